The second-order valence-electron chi connectivity index (χ2n) is 2.40. The van der Waals surface area contributed by atoms with Crippen LogP contribution in [0.15, 0.2) is 36.7 Å². The summed E-state index contributed by atoms with van der Waals surface area (Å²) in [6.07, 6.45) is 9.51. The number of rotatable bonds is 2. The lowest BCUT2D eigenvalue weighted by atomic mass is 10.4. The zero-order chi connectivity index (χ0) is 10.8. The highest BCUT2D eigenvalue weighted by Crippen LogP contribution is 1.78. The van der Waals surface area contributed by atoms with Gasteiger partial charge >= 0.3 is 5.97 Å². The van der Waals surface area contributed by atoms with Crippen LogP contribution in [0.5, 0.6) is 0 Å². The van der Waals surface area contributed by atoms with Crippen molar-refractivity contribution < 1.29 is 9.90 Å². The molecule has 0 aliphatic rings. The monoisotopic (exact) mass is 194 g/mol. The molecule has 1 aromatic heterocycles. The Bertz CT molecular complexity index is 300. The van der Waals surface area contributed by atoms with Crippen LogP contribution in [0.1, 0.15) is 12.7 Å². The fourth-order valence-electron chi connectivity index (χ4n) is 0.593. The molecule has 0 aliphatic carbocycles. The van der Waals surface area contributed by atoms with E-state index in [-0.39, 0.29) is 0 Å². The highest BCUT2D eigenvalue weighted by molar-refractivity contribution is 5.80. The van der Waals surface area contributed by atoms with E-state index in [1.165, 1.54) is 6.08 Å². The maximum Gasteiger partial charge on any atom is 0.328 e. The average molecular weight is 194 g/mol. The number of aryl methyl sites for hydroxylation is 1. The number of aromatic amines is 1. The number of aliphatic carboxylic acids is 1. The largest absolute Gasteiger partial charge is 0.478 e. The number of carbonyl (C=O) groups is 1. The molecule has 0 radical (unpaired) electrons. The number of hydrogen-bond donors (Lipinski definition) is 2. The van der Waals surface area contributed by atoms with Crippen molar-refractivity contribution in [3.63, 3.8) is 0 Å². The zero-order valence-electron chi connectivity index (χ0n) is 8.27. The first kappa shape index (κ1) is 12.2. The number of allylic oxidation sites excluding steroid dienone is 3. The first-order valence-corrected chi connectivity index (χ1v) is 4.15. The van der Waals surface area contributed by atoms with Gasteiger partial charge < -0.3 is 10.1 Å². The van der Waals surface area contributed by atoms with E-state index in [0.29, 0.717) is 0 Å². The molecular weight excluding hydrogens is 180 g/mol. The Labute approximate surface area is 83.0 Å². The predicted octanol–water partition coefficient (Wildman–Crippen LogP) is 1.92. The Balaban J connectivity index is 0.000000249. The van der Waals surface area contributed by atoms with Gasteiger partial charge in [-0.25, -0.2) is 9.78 Å². The summed E-state index contributed by atoms with van der Waals surface area (Å²) in [7, 11) is 0. The summed E-state index contributed by atoms with van der Waals surface area (Å²) >= 11 is 0. The van der Waals surface area contributed by atoms with Crippen LogP contribution in [0.4, 0.5) is 0 Å². The SMILES string of the molecule is C/C=C/C=C/C(=O)O.Cc1ncc[nH]1. The van der Waals surface area contributed by atoms with Crippen molar-refractivity contribution in [2.45, 2.75) is 13.8 Å². The van der Waals surface area contributed by atoms with Gasteiger partial charge in [-0.1, -0.05) is 18.2 Å². The van der Waals surface area contributed by atoms with E-state index in [4.69, 9.17) is 5.11 Å². The Kier molecular flexibility index (Phi) is 6.77. The minimum absolute atomic E-state index is 0.914. The first-order valence-electron chi connectivity index (χ1n) is 4.15. The van der Waals surface area contributed by atoms with Gasteiger partial charge in [0.05, 0.1) is 0 Å². The predicted molar refractivity (Wildman–Crippen MR) is 54.9 cm³/mol. The molecule has 0 aliphatic heterocycles. The molecule has 4 heteroatoms. The third kappa shape index (κ3) is 8.26. The van der Waals surface area contributed by atoms with Gasteiger partial charge in [-0.15, -0.1) is 0 Å². The summed E-state index contributed by atoms with van der Waals surface area (Å²) in [5, 5.41) is 8.02. The number of nitrogens with zero attached hydrogens (tertiary/aromatic N) is 1. The summed E-state index contributed by atoms with van der Waals surface area (Å²) in [4.78, 5) is 16.5. The second-order valence-corrected chi connectivity index (χ2v) is 2.40. The number of aromatic nitrogens is 2. The standard InChI is InChI=1S/C6H8O2.C4H6N2/c1-2-3-4-5-6(7)8;1-4-5-2-3-6-4/h2-5H,1H3,(H,7,8);2-3H,1H3,(H,5,6)/b3-2+,5-4+;. The maximum absolute atomic E-state index is 9.75. The molecule has 1 heterocycles. The smallest absolute Gasteiger partial charge is 0.328 e. The summed E-state index contributed by atoms with van der Waals surface area (Å²) < 4.78 is 0. The van der Waals surface area contributed by atoms with E-state index in [9.17, 15) is 4.79 Å². The quantitative estimate of drug-likeness (QED) is 0.558. The van der Waals surface area contributed by atoms with Gasteiger partial charge in [-0.2, -0.15) is 0 Å². The van der Waals surface area contributed by atoms with Gasteiger partial charge in [0.1, 0.15) is 5.82 Å². The highest BCUT2D eigenvalue weighted by Gasteiger charge is 1.78. The van der Waals surface area contributed by atoms with Crippen LogP contribution in [0.3, 0.4) is 0 Å². The van der Waals surface area contributed by atoms with Crippen LogP contribution in [0.25, 0.3) is 0 Å². The van der Waals surface area contributed by atoms with Crippen molar-refractivity contribution in [3.8, 4) is 0 Å². The van der Waals surface area contributed by atoms with Gasteiger partial charge in [0.15, 0.2) is 0 Å². The number of carboxylic acids is 1. The van der Waals surface area contributed by atoms with Crippen LogP contribution >= 0.6 is 0 Å². The van der Waals surface area contributed by atoms with Crippen molar-refractivity contribution in [1.29, 1.82) is 0 Å². The minimum Gasteiger partial charge on any atom is -0.478 e. The lowest BCUT2D eigenvalue weighted by Gasteiger charge is -1.72. The topological polar surface area (TPSA) is 66.0 Å². The Hall–Kier alpha value is -1.84. The molecular formula is C10H14N2O2. The molecule has 76 valence electrons. The number of H-pyrrole nitrogens is 1. The van der Waals surface area contributed by atoms with E-state index >= 15 is 0 Å². The fourth-order valence-corrected chi connectivity index (χ4v) is 0.593. The molecule has 0 spiro atoms. The molecule has 1 aromatic rings. The van der Waals surface area contributed by atoms with Gasteiger partial charge in [-0.3, -0.25) is 0 Å². The lowest BCUT2D eigenvalue weighted by molar-refractivity contribution is -0.131. The summed E-state index contributed by atoms with van der Waals surface area (Å²) in [5.74, 6) is 0.0538. The zero-order valence-corrected chi connectivity index (χ0v) is 8.27. The number of carboxylic acid groups (broad SMARTS) is 1. The van der Waals surface area contributed by atoms with E-state index in [2.05, 4.69) is 9.97 Å². The molecule has 2 N–H and O–H groups in total. The van der Waals surface area contributed by atoms with E-state index in [1.807, 2.05) is 13.8 Å². The van der Waals surface area contributed by atoms with Gasteiger partial charge in [0.2, 0.25) is 0 Å². The molecule has 14 heavy (non-hydrogen) atoms. The minimum atomic E-state index is -0.914. The van der Waals surface area contributed by atoms with Gasteiger partial charge in [0, 0.05) is 18.5 Å². The lowest BCUT2D eigenvalue weighted by Crippen LogP contribution is -1.83. The third-order valence-corrected chi connectivity index (χ3v) is 1.18. The Morgan fingerprint density at radius 3 is 2.57 bits per heavy atom. The summed E-state index contributed by atoms with van der Waals surface area (Å²) in [5.41, 5.74) is 0. The third-order valence-electron chi connectivity index (χ3n) is 1.18. The van der Waals surface area contributed by atoms with Gasteiger partial charge in [0.25, 0.3) is 0 Å². The summed E-state index contributed by atoms with van der Waals surface area (Å²) in [6.45, 7) is 3.74. The van der Waals surface area contributed by atoms with Crippen LogP contribution < -0.4 is 0 Å². The normalized spacial score (nSPS) is 10.1. The van der Waals surface area contributed by atoms with Gasteiger partial charge in [-0.05, 0) is 13.8 Å². The van der Waals surface area contributed by atoms with Crippen molar-refractivity contribution in [2.75, 3.05) is 0 Å². The number of hydrogen-bond acceptors (Lipinski definition) is 2. The van der Waals surface area contributed by atoms with Crippen LogP contribution in [-0.4, -0.2) is 21.0 Å². The molecule has 0 aromatic carbocycles. The molecule has 0 bridgehead atoms. The maximum atomic E-state index is 9.75. The van der Waals surface area contributed by atoms with Crippen molar-refractivity contribution in [1.82, 2.24) is 9.97 Å². The molecule has 0 saturated carbocycles. The summed E-state index contributed by atoms with van der Waals surface area (Å²) in [6, 6.07) is 0. The molecule has 0 unspecified atom stereocenters. The Morgan fingerprint density at radius 2 is 2.29 bits per heavy atom. The fraction of sp³-hybridized carbons (Fsp3) is 0.200. The number of nitrogens with one attached hydrogen (secondary N) is 1. The van der Waals surface area contributed by atoms with Crippen molar-refractivity contribution in [3.05, 3.63) is 42.5 Å². The Morgan fingerprint density at radius 1 is 1.57 bits per heavy atom. The van der Waals surface area contributed by atoms with Crippen molar-refractivity contribution >= 4 is 5.97 Å². The first-order chi connectivity index (χ1) is 6.66. The molecule has 0 fully saturated rings. The van der Waals surface area contributed by atoms with Crippen LogP contribution in [0.2, 0.25) is 0 Å². The highest BCUT2D eigenvalue weighted by atomic mass is 16.4. The van der Waals surface area contributed by atoms with Crippen molar-refractivity contribution in [2.24, 2.45) is 0 Å². The average Bonchev–Trinajstić information content (AvgIpc) is 2.57. The second kappa shape index (κ2) is 7.79. The molecule has 0 amide bonds. The van der Waals surface area contributed by atoms with E-state index in [0.717, 1.165) is 11.9 Å². The molecule has 1 rings (SSSR count). The number of imidazole rings is 1. The molecule has 0 atom stereocenters. The van der Waals surface area contributed by atoms with Crippen LogP contribution in [-0.2, 0) is 4.79 Å². The molecule has 0 saturated heterocycles. The molecule has 4 nitrogen and oxygen atoms in total. The van der Waals surface area contributed by atoms with E-state index in [1.54, 1.807) is 24.5 Å². The van der Waals surface area contributed by atoms with E-state index < -0.39 is 5.97 Å². The van der Waals surface area contributed by atoms with Crippen LogP contribution in [0, 0.1) is 6.92 Å².